The fourth-order valence-electron chi connectivity index (χ4n) is 1.45. The molecule has 0 saturated heterocycles. The summed E-state index contributed by atoms with van der Waals surface area (Å²) < 4.78 is 12.2. The summed E-state index contributed by atoms with van der Waals surface area (Å²) in [5.74, 6) is 0. The lowest BCUT2D eigenvalue weighted by molar-refractivity contribution is 0.672. The van der Waals surface area contributed by atoms with Gasteiger partial charge in [-0.3, -0.25) is 4.21 Å². The largest absolute Gasteiger partial charge is 0.389 e. The van der Waals surface area contributed by atoms with Crippen molar-refractivity contribution in [1.29, 1.82) is 0 Å². The second-order valence-corrected chi connectivity index (χ2v) is 7.24. The zero-order valence-corrected chi connectivity index (χ0v) is 13.6. The van der Waals surface area contributed by atoms with E-state index in [1.54, 1.807) is 6.26 Å². The summed E-state index contributed by atoms with van der Waals surface area (Å²) in [6, 6.07) is 5.74. The topological polar surface area (TPSA) is 55.1 Å². The second kappa shape index (κ2) is 7.21. The zero-order chi connectivity index (χ0) is 13.7. The van der Waals surface area contributed by atoms with Crippen LogP contribution in [-0.2, 0) is 10.8 Å². The van der Waals surface area contributed by atoms with Crippen molar-refractivity contribution in [1.82, 2.24) is 0 Å². The molecule has 1 rings (SSSR count). The van der Waals surface area contributed by atoms with Crippen LogP contribution in [0.4, 0.5) is 5.69 Å². The van der Waals surface area contributed by atoms with Gasteiger partial charge in [0.2, 0.25) is 0 Å². The van der Waals surface area contributed by atoms with Crippen molar-refractivity contribution >= 4 is 49.6 Å². The maximum absolute atomic E-state index is 11.3. The fourth-order valence-corrected chi connectivity index (χ4v) is 2.44. The van der Waals surface area contributed by atoms with Crippen molar-refractivity contribution in [2.45, 2.75) is 18.6 Å². The van der Waals surface area contributed by atoms with E-state index in [4.69, 9.17) is 18.0 Å². The minimum absolute atomic E-state index is 0.179. The van der Waals surface area contributed by atoms with Gasteiger partial charge < -0.3 is 11.1 Å². The Morgan fingerprint density at radius 1 is 1.61 bits per heavy atom. The van der Waals surface area contributed by atoms with Crippen LogP contribution >= 0.6 is 28.1 Å². The quantitative estimate of drug-likeness (QED) is 0.776. The van der Waals surface area contributed by atoms with Gasteiger partial charge in [-0.2, -0.15) is 0 Å². The van der Waals surface area contributed by atoms with E-state index >= 15 is 0 Å². The number of halogens is 1. The van der Waals surface area contributed by atoms with E-state index in [9.17, 15) is 4.21 Å². The van der Waals surface area contributed by atoms with E-state index in [-0.39, 0.29) is 5.25 Å². The summed E-state index contributed by atoms with van der Waals surface area (Å²) in [4.78, 5) is 0.372. The van der Waals surface area contributed by atoms with Crippen molar-refractivity contribution in [2.24, 2.45) is 5.73 Å². The number of benzene rings is 1. The standard InChI is InChI=1S/C12H17BrN2OS2/c1-8(18(2)16)5-6-15-11-7-9(13)3-4-10(11)12(14)17/h3-4,7-8,15H,5-6H2,1-2H3,(H2,14,17). The molecule has 0 fully saturated rings. The van der Waals surface area contributed by atoms with Crippen LogP contribution in [0.25, 0.3) is 0 Å². The van der Waals surface area contributed by atoms with Gasteiger partial charge in [-0.25, -0.2) is 0 Å². The molecule has 0 heterocycles. The summed E-state index contributed by atoms with van der Waals surface area (Å²) in [5, 5.41) is 3.47. The monoisotopic (exact) mass is 348 g/mol. The summed E-state index contributed by atoms with van der Waals surface area (Å²) in [7, 11) is -0.786. The zero-order valence-electron chi connectivity index (χ0n) is 10.4. The van der Waals surface area contributed by atoms with E-state index in [1.165, 1.54) is 0 Å². The van der Waals surface area contributed by atoms with Gasteiger partial charge in [0.15, 0.2) is 0 Å². The Hall–Kier alpha value is -0.460. The van der Waals surface area contributed by atoms with Crippen LogP contribution in [0.3, 0.4) is 0 Å². The SMILES string of the molecule is CC(CCNc1cc(Br)ccc1C(N)=S)S(C)=O. The van der Waals surface area contributed by atoms with Gasteiger partial charge in [-0.05, 0) is 24.6 Å². The lowest BCUT2D eigenvalue weighted by atomic mass is 10.1. The van der Waals surface area contributed by atoms with E-state index in [0.29, 0.717) is 4.99 Å². The van der Waals surface area contributed by atoms with Crippen molar-refractivity contribution in [3.63, 3.8) is 0 Å². The average molecular weight is 349 g/mol. The summed E-state index contributed by atoms with van der Waals surface area (Å²) in [6.45, 7) is 2.72. The van der Waals surface area contributed by atoms with Crippen LogP contribution in [0.5, 0.6) is 0 Å². The van der Waals surface area contributed by atoms with Crippen molar-refractivity contribution < 1.29 is 4.21 Å². The highest BCUT2D eigenvalue weighted by molar-refractivity contribution is 9.10. The Bertz CT molecular complexity index is 465. The highest BCUT2D eigenvalue weighted by Crippen LogP contribution is 2.21. The molecule has 100 valence electrons. The highest BCUT2D eigenvalue weighted by Gasteiger charge is 2.08. The van der Waals surface area contributed by atoms with Crippen molar-refractivity contribution in [3.05, 3.63) is 28.2 Å². The Morgan fingerprint density at radius 3 is 2.83 bits per heavy atom. The summed E-state index contributed by atoms with van der Waals surface area (Å²) in [6.07, 6.45) is 2.57. The number of nitrogens with one attached hydrogen (secondary N) is 1. The molecular formula is C12H17BrN2OS2. The molecule has 0 aliphatic rings. The molecule has 1 aromatic carbocycles. The first kappa shape index (κ1) is 15.6. The number of rotatable bonds is 6. The molecular weight excluding hydrogens is 332 g/mol. The maximum atomic E-state index is 11.3. The molecule has 0 aromatic heterocycles. The Kier molecular flexibility index (Phi) is 6.25. The number of hydrogen-bond acceptors (Lipinski definition) is 3. The molecule has 0 bridgehead atoms. The van der Waals surface area contributed by atoms with Gasteiger partial charge in [0.1, 0.15) is 4.99 Å². The lowest BCUT2D eigenvalue weighted by Crippen LogP contribution is -2.17. The van der Waals surface area contributed by atoms with Crippen LogP contribution in [0.1, 0.15) is 18.9 Å². The molecule has 2 atom stereocenters. The molecule has 3 N–H and O–H groups in total. The number of thiocarbonyl (C=S) groups is 1. The molecule has 2 unspecified atom stereocenters. The Morgan fingerprint density at radius 2 is 2.28 bits per heavy atom. The van der Waals surface area contributed by atoms with E-state index in [2.05, 4.69) is 21.2 Å². The van der Waals surface area contributed by atoms with Crippen LogP contribution in [0.2, 0.25) is 0 Å². The third kappa shape index (κ3) is 4.66. The highest BCUT2D eigenvalue weighted by atomic mass is 79.9. The smallest absolute Gasteiger partial charge is 0.106 e. The Balaban J connectivity index is 2.69. The molecule has 0 amide bonds. The van der Waals surface area contributed by atoms with Gasteiger partial charge in [0.25, 0.3) is 0 Å². The molecule has 0 aliphatic carbocycles. The summed E-state index contributed by atoms with van der Waals surface area (Å²) >= 11 is 8.43. The first-order chi connectivity index (χ1) is 8.41. The van der Waals surface area contributed by atoms with Gasteiger partial charge >= 0.3 is 0 Å². The molecule has 0 aliphatic heterocycles. The number of hydrogen-bond donors (Lipinski definition) is 2. The van der Waals surface area contributed by atoms with Gasteiger partial charge in [-0.15, -0.1) is 0 Å². The second-order valence-electron chi connectivity index (χ2n) is 4.08. The minimum Gasteiger partial charge on any atom is -0.389 e. The molecule has 0 saturated carbocycles. The van der Waals surface area contributed by atoms with Crippen LogP contribution in [0.15, 0.2) is 22.7 Å². The van der Waals surface area contributed by atoms with E-state index < -0.39 is 10.8 Å². The molecule has 6 heteroatoms. The predicted molar refractivity (Wildman–Crippen MR) is 86.7 cm³/mol. The first-order valence-corrected chi connectivity index (χ1v) is 8.39. The van der Waals surface area contributed by atoms with Crippen LogP contribution < -0.4 is 11.1 Å². The minimum atomic E-state index is -0.786. The number of nitrogens with two attached hydrogens (primary N) is 1. The number of anilines is 1. The molecule has 3 nitrogen and oxygen atoms in total. The van der Waals surface area contributed by atoms with E-state index in [0.717, 1.165) is 28.7 Å². The van der Waals surface area contributed by atoms with E-state index in [1.807, 2.05) is 25.1 Å². The van der Waals surface area contributed by atoms with Crippen LogP contribution in [0, 0.1) is 0 Å². The van der Waals surface area contributed by atoms with Crippen molar-refractivity contribution in [2.75, 3.05) is 18.1 Å². The lowest BCUT2D eigenvalue weighted by Gasteiger charge is -2.13. The third-order valence-corrected chi connectivity index (χ3v) is 4.76. The average Bonchev–Trinajstić information content (AvgIpc) is 2.28. The molecule has 18 heavy (non-hydrogen) atoms. The first-order valence-electron chi connectivity index (χ1n) is 5.57. The predicted octanol–water partition coefficient (Wildman–Crippen LogP) is 2.65. The van der Waals surface area contributed by atoms with Crippen molar-refractivity contribution in [3.8, 4) is 0 Å². The Labute approximate surface area is 124 Å². The normalized spacial score (nSPS) is 13.9. The fraction of sp³-hybridized carbons (Fsp3) is 0.417. The molecule has 0 spiro atoms. The van der Waals surface area contributed by atoms with Crippen LogP contribution in [-0.4, -0.2) is 27.2 Å². The maximum Gasteiger partial charge on any atom is 0.106 e. The summed E-state index contributed by atoms with van der Waals surface area (Å²) in [5.41, 5.74) is 7.41. The molecule has 0 radical (unpaired) electrons. The third-order valence-electron chi connectivity index (χ3n) is 2.68. The molecule has 1 aromatic rings. The van der Waals surface area contributed by atoms with Gasteiger partial charge in [0, 0.05) is 44.6 Å². The van der Waals surface area contributed by atoms with Gasteiger partial charge in [0.05, 0.1) is 0 Å². The van der Waals surface area contributed by atoms with Gasteiger partial charge in [-0.1, -0.05) is 35.1 Å².